The SMILES string of the molecule is O=C(CCC(=O)c1ccc(Cl)cc1)Oc1ccccc1F. The molecule has 0 saturated heterocycles. The number of esters is 1. The van der Waals surface area contributed by atoms with Crippen LogP contribution in [0.15, 0.2) is 48.5 Å². The Morgan fingerprint density at radius 2 is 1.67 bits per heavy atom. The first-order chi connectivity index (χ1) is 10.1. The molecular weight excluding hydrogens is 295 g/mol. The van der Waals surface area contributed by atoms with Crippen LogP contribution < -0.4 is 4.74 Å². The van der Waals surface area contributed by atoms with Crippen LogP contribution in [-0.4, -0.2) is 11.8 Å². The van der Waals surface area contributed by atoms with Gasteiger partial charge in [-0.25, -0.2) is 4.39 Å². The Kier molecular flexibility index (Phi) is 5.06. The molecule has 0 unspecified atom stereocenters. The summed E-state index contributed by atoms with van der Waals surface area (Å²) in [6.07, 6.45) is -0.120. The summed E-state index contributed by atoms with van der Waals surface area (Å²) in [5, 5.41) is 0.533. The summed E-state index contributed by atoms with van der Waals surface area (Å²) in [5.74, 6) is -1.60. The Hall–Kier alpha value is -2.20. The molecule has 2 rings (SSSR count). The van der Waals surface area contributed by atoms with Crippen molar-refractivity contribution in [2.24, 2.45) is 0 Å². The zero-order chi connectivity index (χ0) is 15.2. The topological polar surface area (TPSA) is 43.4 Å². The zero-order valence-corrected chi connectivity index (χ0v) is 11.8. The third kappa shape index (κ3) is 4.39. The van der Waals surface area contributed by atoms with Gasteiger partial charge in [0.1, 0.15) is 0 Å². The minimum atomic E-state index is -0.651. The van der Waals surface area contributed by atoms with Crippen LogP contribution in [0.3, 0.4) is 0 Å². The fraction of sp³-hybridized carbons (Fsp3) is 0.125. The minimum absolute atomic E-state index is 0.00504. The van der Waals surface area contributed by atoms with Crippen molar-refractivity contribution in [3.05, 3.63) is 64.9 Å². The molecule has 0 amide bonds. The molecule has 21 heavy (non-hydrogen) atoms. The highest BCUT2D eigenvalue weighted by Crippen LogP contribution is 2.17. The Bertz CT molecular complexity index is 653. The fourth-order valence-electron chi connectivity index (χ4n) is 1.70. The minimum Gasteiger partial charge on any atom is -0.423 e. The smallest absolute Gasteiger partial charge is 0.311 e. The average molecular weight is 307 g/mol. The van der Waals surface area contributed by atoms with E-state index in [-0.39, 0.29) is 24.4 Å². The molecule has 0 aliphatic carbocycles. The summed E-state index contributed by atoms with van der Waals surface area (Å²) < 4.78 is 18.2. The summed E-state index contributed by atoms with van der Waals surface area (Å²) in [6.45, 7) is 0. The Morgan fingerprint density at radius 3 is 2.33 bits per heavy atom. The van der Waals surface area contributed by atoms with Gasteiger partial charge in [0, 0.05) is 17.0 Å². The van der Waals surface area contributed by atoms with Crippen molar-refractivity contribution >= 4 is 23.4 Å². The van der Waals surface area contributed by atoms with E-state index in [0.717, 1.165) is 0 Å². The second kappa shape index (κ2) is 6.99. The van der Waals surface area contributed by atoms with Crippen LogP contribution in [0, 0.1) is 5.82 Å². The van der Waals surface area contributed by atoms with Crippen LogP contribution in [0.1, 0.15) is 23.2 Å². The van der Waals surface area contributed by atoms with Crippen molar-refractivity contribution in [3.8, 4) is 5.75 Å². The molecule has 0 aliphatic heterocycles. The number of hydrogen-bond acceptors (Lipinski definition) is 3. The maximum atomic E-state index is 13.3. The Balaban J connectivity index is 1.88. The first-order valence-corrected chi connectivity index (χ1v) is 6.68. The van der Waals surface area contributed by atoms with Crippen LogP contribution >= 0.6 is 11.6 Å². The van der Waals surface area contributed by atoms with E-state index < -0.39 is 11.8 Å². The number of halogens is 2. The highest BCUT2D eigenvalue weighted by molar-refractivity contribution is 6.30. The highest BCUT2D eigenvalue weighted by atomic mass is 35.5. The summed E-state index contributed by atoms with van der Waals surface area (Å²) in [7, 11) is 0. The predicted molar refractivity (Wildman–Crippen MR) is 77.1 cm³/mol. The Labute approximate surface area is 126 Å². The number of hydrogen-bond donors (Lipinski definition) is 0. The predicted octanol–water partition coefficient (Wildman–Crippen LogP) is 4.05. The van der Waals surface area contributed by atoms with Crippen molar-refractivity contribution < 1.29 is 18.7 Å². The van der Waals surface area contributed by atoms with Crippen molar-refractivity contribution in [2.75, 3.05) is 0 Å². The molecule has 0 fully saturated rings. The number of rotatable bonds is 5. The molecule has 0 aliphatic rings. The van der Waals surface area contributed by atoms with Gasteiger partial charge in [0.05, 0.1) is 6.42 Å². The molecule has 0 aromatic heterocycles. The summed E-state index contributed by atoms with van der Waals surface area (Å²) in [5.41, 5.74) is 0.470. The maximum Gasteiger partial charge on any atom is 0.311 e. The zero-order valence-electron chi connectivity index (χ0n) is 11.0. The molecule has 0 atom stereocenters. The van der Waals surface area contributed by atoms with E-state index in [2.05, 4.69) is 0 Å². The van der Waals surface area contributed by atoms with Gasteiger partial charge < -0.3 is 4.74 Å². The van der Waals surface area contributed by atoms with E-state index in [9.17, 15) is 14.0 Å². The molecule has 108 valence electrons. The lowest BCUT2D eigenvalue weighted by molar-refractivity contribution is -0.134. The van der Waals surface area contributed by atoms with Gasteiger partial charge in [0.25, 0.3) is 0 Å². The molecule has 5 heteroatoms. The summed E-state index contributed by atoms with van der Waals surface area (Å²) in [4.78, 5) is 23.4. The van der Waals surface area contributed by atoms with E-state index in [1.807, 2.05) is 0 Å². The van der Waals surface area contributed by atoms with Crippen LogP contribution in [0.25, 0.3) is 0 Å². The molecule has 2 aromatic carbocycles. The number of Topliss-reactive ketones (excluding diaryl/α,β-unsaturated/α-hetero) is 1. The van der Waals surface area contributed by atoms with Crippen LogP contribution in [0.5, 0.6) is 5.75 Å². The van der Waals surface area contributed by atoms with Crippen molar-refractivity contribution in [2.45, 2.75) is 12.8 Å². The highest BCUT2D eigenvalue weighted by Gasteiger charge is 2.12. The van der Waals surface area contributed by atoms with Gasteiger partial charge in [-0.3, -0.25) is 9.59 Å². The van der Waals surface area contributed by atoms with E-state index >= 15 is 0 Å². The lowest BCUT2D eigenvalue weighted by Gasteiger charge is -2.05. The van der Waals surface area contributed by atoms with Gasteiger partial charge in [-0.2, -0.15) is 0 Å². The number of ketones is 1. The normalized spacial score (nSPS) is 10.2. The van der Waals surface area contributed by atoms with Gasteiger partial charge in [-0.15, -0.1) is 0 Å². The van der Waals surface area contributed by atoms with E-state index in [1.165, 1.54) is 18.2 Å². The maximum absolute atomic E-state index is 13.3. The number of carbonyl (C=O) groups excluding carboxylic acids is 2. The van der Waals surface area contributed by atoms with Crippen LogP contribution in [0.4, 0.5) is 4.39 Å². The number of carbonyl (C=O) groups is 2. The summed E-state index contributed by atoms with van der Waals surface area (Å²) >= 11 is 5.73. The number of benzene rings is 2. The lowest BCUT2D eigenvalue weighted by Crippen LogP contribution is -2.11. The first kappa shape index (κ1) is 15.2. The van der Waals surface area contributed by atoms with Gasteiger partial charge in [0.2, 0.25) is 0 Å². The van der Waals surface area contributed by atoms with Crippen molar-refractivity contribution in [1.29, 1.82) is 0 Å². The monoisotopic (exact) mass is 306 g/mol. The standard InChI is InChI=1S/C16H12ClFO3/c17-12-7-5-11(6-8-12)14(19)9-10-16(20)21-15-4-2-1-3-13(15)18/h1-8H,9-10H2. The molecule has 0 N–H and O–H groups in total. The lowest BCUT2D eigenvalue weighted by atomic mass is 10.1. The average Bonchev–Trinajstić information content (AvgIpc) is 2.48. The van der Waals surface area contributed by atoms with Crippen LogP contribution in [0.2, 0.25) is 5.02 Å². The number of ether oxygens (including phenoxy) is 1. The molecule has 0 bridgehead atoms. The van der Waals surface area contributed by atoms with E-state index in [1.54, 1.807) is 30.3 Å². The molecule has 3 nitrogen and oxygen atoms in total. The van der Waals surface area contributed by atoms with Crippen molar-refractivity contribution in [1.82, 2.24) is 0 Å². The molecule has 2 aromatic rings. The second-order valence-electron chi connectivity index (χ2n) is 4.33. The largest absolute Gasteiger partial charge is 0.423 e. The van der Waals surface area contributed by atoms with E-state index in [4.69, 9.17) is 16.3 Å². The number of para-hydroxylation sites is 1. The molecule has 0 heterocycles. The third-order valence-electron chi connectivity index (χ3n) is 2.78. The third-order valence-corrected chi connectivity index (χ3v) is 3.03. The van der Waals surface area contributed by atoms with Gasteiger partial charge in [-0.1, -0.05) is 23.7 Å². The van der Waals surface area contributed by atoms with Crippen molar-refractivity contribution in [3.63, 3.8) is 0 Å². The van der Waals surface area contributed by atoms with E-state index in [0.29, 0.717) is 10.6 Å². The first-order valence-electron chi connectivity index (χ1n) is 6.30. The van der Waals surface area contributed by atoms with Gasteiger partial charge in [0.15, 0.2) is 17.3 Å². The van der Waals surface area contributed by atoms with Gasteiger partial charge >= 0.3 is 5.97 Å². The van der Waals surface area contributed by atoms with Gasteiger partial charge in [-0.05, 0) is 36.4 Å². The Morgan fingerprint density at radius 1 is 1.00 bits per heavy atom. The summed E-state index contributed by atoms with van der Waals surface area (Å²) in [6, 6.07) is 12.0. The molecule has 0 spiro atoms. The second-order valence-corrected chi connectivity index (χ2v) is 4.77. The molecule has 0 saturated carbocycles. The quantitative estimate of drug-likeness (QED) is 0.475. The fourth-order valence-corrected chi connectivity index (χ4v) is 1.82. The molecule has 0 radical (unpaired) electrons. The van der Waals surface area contributed by atoms with Crippen LogP contribution in [-0.2, 0) is 4.79 Å². The molecular formula is C16H12ClFO3.